The molecule has 8 nitrogen and oxygen atoms in total. The van der Waals surface area contributed by atoms with Crippen LogP contribution >= 0.6 is 11.8 Å². The van der Waals surface area contributed by atoms with Gasteiger partial charge in [0, 0.05) is 5.56 Å². The van der Waals surface area contributed by atoms with Gasteiger partial charge < -0.3 is 14.5 Å². The maximum atomic E-state index is 13.2. The molecule has 1 atom stereocenters. The number of carbonyl (C=O) groups excluding carboxylic acids is 2. The number of hydrogen-bond donors (Lipinski definition) is 1. The molecule has 3 heterocycles. The first-order valence-corrected chi connectivity index (χ1v) is 11.2. The molecule has 33 heavy (non-hydrogen) atoms. The third kappa shape index (κ3) is 4.40. The summed E-state index contributed by atoms with van der Waals surface area (Å²) in [5, 5.41) is 11.6. The molecule has 0 radical (unpaired) electrons. The third-order valence-corrected chi connectivity index (χ3v) is 6.27. The normalized spacial score (nSPS) is 13.7. The molecule has 1 aliphatic heterocycles. The van der Waals surface area contributed by atoms with Gasteiger partial charge in [-0.15, -0.1) is 10.2 Å². The van der Waals surface area contributed by atoms with Gasteiger partial charge in [0.25, 0.3) is 5.91 Å². The van der Waals surface area contributed by atoms with E-state index >= 15 is 0 Å². The number of furan rings is 1. The Morgan fingerprint density at radius 1 is 1.15 bits per heavy atom. The van der Waals surface area contributed by atoms with E-state index in [0.717, 1.165) is 5.56 Å². The van der Waals surface area contributed by atoms with E-state index in [1.807, 2.05) is 47.9 Å². The summed E-state index contributed by atoms with van der Waals surface area (Å²) in [6, 6.07) is 18.7. The fourth-order valence-corrected chi connectivity index (χ4v) is 4.48. The minimum absolute atomic E-state index is 0.0262. The number of carbonyl (C=O) groups is 2. The highest BCUT2D eigenvalue weighted by Crippen LogP contribution is 2.32. The monoisotopic (exact) mass is 460 g/mol. The summed E-state index contributed by atoms with van der Waals surface area (Å²) in [5.41, 5.74) is 2.07. The number of ether oxygens (including phenoxy) is 1. The molecule has 4 aromatic rings. The Balaban J connectivity index is 1.41. The highest BCUT2D eigenvalue weighted by atomic mass is 32.2. The Morgan fingerprint density at radius 3 is 2.79 bits per heavy atom. The van der Waals surface area contributed by atoms with Crippen LogP contribution in [0.25, 0.3) is 11.6 Å². The van der Waals surface area contributed by atoms with Crippen LogP contribution < -0.4 is 10.1 Å². The Hall–Kier alpha value is -3.85. The van der Waals surface area contributed by atoms with Gasteiger partial charge in [0.1, 0.15) is 5.75 Å². The number of rotatable bonds is 7. The van der Waals surface area contributed by atoms with Crippen molar-refractivity contribution >= 4 is 29.1 Å². The molecule has 2 aromatic heterocycles. The van der Waals surface area contributed by atoms with E-state index in [1.54, 1.807) is 30.5 Å². The average molecular weight is 461 g/mol. The molecule has 5 rings (SSSR count). The maximum absolute atomic E-state index is 13.2. The van der Waals surface area contributed by atoms with Crippen LogP contribution in [0.15, 0.2) is 76.5 Å². The van der Waals surface area contributed by atoms with Gasteiger partial charge in [-0.25, -0.2) is 0 Å². The standard InChI is InChI=1S/C24H20N4O4S/c1-15(22(30)17-9-10-19-18(12-17)25-21(29)14-32-19)33-24-27-26-23(20-8-5-11-31-20)28(24)13-16-6-3-2-4-7-16/h2-12,15H,13-14H2,1H3,(H,25,29). The van der Waals surface area contributed by atoms with E-state index < -0.39 is 5.25 Å². The average Bonchev–Trinajstić information content (AvgIpc) is 3.49. The number of benzene rings is 2. The first-order chi connectivity index (χ1) is 16.1. The number of anilines is 1. The second-order valence-electron chi connectivity index (χ2n) is 7.53. The topological polar surface area (TPSA) is 99.3 Å². The van der Waals surface area contributed by atoms with Gasteiger partial charge in [-0.05, 0) is 42.8 Å². The minimum Gasteiger partial charge on any atom is -0.482 e. The van der Waals surface area contributed by atoms with Crippen LogP contribution in [0.2, 0.25) is 0 Å². The molecule has 0 saturated carbocycles. The van der Waals surface area contributed by atoms with Crippen LogP contribution in [0.3, 0.4) is 0 Å². The smallest absolute Gasteiger partial charge is 0.262 e. The first-order valence-electron chi connectivity index (χ1n) is 10.4. The molecule has 2 aromatic carbocycles. The number of thioether (sulfide) groups is 1. The zero-order chi connectivity index (χ0) is 22.8. The van der Waals surface area contributed by atoms with Crippen molar-refractivity contribution < 1.29 is 18.7 Å². The fraction of sp³-hybridized carbons (Fsp3) is 0.167. The zero-order valence-electron chi connectivity index (χ0n) is 17.7. The van der Waals surface area contributed by atoms with E-state index in [1.165, 1.54) is 11.8 Å². The zero-order valence-corrected chi connectivity index (χ0v) is 18.5. The quantitative estimate of drug-likeness (QED) is 0.325. The molecule has 1 unspecified atom stereocenters. The molecule has 1 aliphatic rings. The van der Waals surface area contributed by atoms with Gasteiger partial charge in [-0.2, -0.15) is 0 Å². The van der Waals surface area contributed by atoms with Crippen LogP contribution in [0.1, 0.15) is 22.8 Å². The maximum Gasteiger partial charge on any atom is 0.262 e. The molecule has 0 fully saturated rings. The number of nitrogens with zero attached hydrogens (tertiary/aromatic N) is 3. The van der Waals surface area contributed by atoms with Gasteiger partial charge in [-0.1, -0.05) is 42.1 Å². The molecule has 0 aliphatic carbocycles. The first kappa shape index (κ1) is 21.0. The predicted molar refractivity (Wildman–Crippen MR) is 123 cm³/mol. The molecule has 1 amide bonds. The Kier molecular flexibility index (Phi) is 5.70. The molecular formula is C24H20N4O4S. The fourth-order valence-electron chi connectivity index (χ4n) is 3.56. The summed E-state index contributed by atoms with van der Waals surface area (Å²) in [7, 11) is 0. The molecule has 166 valence electrons. The molecule has 0 saturated heterocycles. The van der Waals surface area contributed by atoms with Gasteiger partial charge in [0.2, 0.25) is 5.82 Å². The van der Waals surface area contributed by atoms with Gasteiger partial charge in [-0.3, -0.25) is 14.2 Å². The second-order valence-corrected chi connectivity index (χ2v) is 8.84. The van der Waals surface area contributed by atoms with Crippen LogP contribution in [0.5, 0.6) is 5.75 Å². The number of amides is 1. The van der Waals surface area contributed by atoms with Crippen molar-refractivity contribution in [3.63, 3.8) is 0 Å². The largest absolute Gasteiger partial charge is 0.482 e. The van der Waals surface area contributed by atoms with Crippen molar-refractivity contribution in [1.29, 1.82) is 0 Å². The van der Waals surface area contributed by atoms with Crippen LogP contribution in [0, 0.1) is 0 Å². The number of ketones is 1. The van der Waals surface area contributed by atoms with Gasteiger partial charge >= 0.3 is 0 Å². The lowest BCUT2D eigenvalue weighted by molar-refractivity contribution is -0.118. The molecule has 0 spiro atoms. The van der Waals surface area contributed by atoms with Crippen molar-refractivity contribution in [2.75, 3.05) is 11.9 Å². The summed E-state index contributed by atoms with van der Waals surface area (Å²) in [6.07, 6.45) is 1.59. The number of nitrogens with one attached hydrogen (secondary N) is 1. The summed E-state index contributed by atoms with van der Waals surface area (Å²) in [5.74, 6) is 1.43. The summed E-state index contributed by atoms with van der Waals surface area (Å²) < 4.78 is 12.9. The minimum atomic E-state index is -0.438. The van der Waals surface area contributed by atoms with Crippen LogP contribution in [-0.2, 0) is 11.3 Å². The SMILES string of the molecule is CC(Sc1nnc(-c2ccco2)n1Cc1ccccc1)C(=O)c1ccc2c(c1)NC(=O)CO2. The van der Waals surface area contributed by atoms with Crippen LogP contribution in [-0.4, -0.2) is 38.3 Å². The highest BCUT2D eigenvalue weighted by molar-refractivity contribution is 8.00. The Morgan fingerprint density at radius 2 is 2.00 bits per heavy atom. The van der Waals surface area contributed by atoms with Gasteiger partial charge in [0.15, 0.2) is 23.3 Å². The number of Topliss-reactive ketones (excluding diaryl/α,β-unsaturated/α-hetero) is 1. The van der Waals surface area contributed by atoms with E-state index in [9.17, 15) is 9.59 Å². The molecular weight excluding hydrogens is 440 g/mol. The van der Waals surface area contributed by atoms with Crippen molar-refractivity contribution in [1.82, 2.24) is 14.8 Å². The second kappa shape index (κ2) is 8.95. The van der Waals surface area contributed by atoms with Crippen molar-refractivity contribution in [2.24, 2.45) is 0 Å². The van der Waals surface area contributed by atoms with E-state index in [4.69, 9.17) is 9.15 Å². The van der Waals surface area contributed by atoms with Gasteiger partial charge in [0.05, 0.1) is 23.7 Å². The molecule has 9 heteroatoms. The van der Waals surface area contributed by atoms with E-state index in [0.29, 0.717) is 40.3 Å². The lowest BCUT2D eigenvalue weighted by Crippen LogP contribution is -2.25. The Bertz CT molecular complexity index is 1300. The molecule has 1 N–H and O–H groups in total. The number of aromatic nitrogens is 3. The number of fused-ring (bicyclic) bond motifs is 1. The third-order valence-electron chi connectivity index (χ3n) is 5.19. The number of hydrogen-bond acceptors (Lipinski definition) is 7. The van der Waals surface area contributed by atoms with E-state index in [2.05, 4.69) is 15.5 Å². The van der Waals surface area contributed by atoms with Crippen molar-refractivity contribution in [2.45, 2.75) is 23.9 Å². The molecule has 0 bridgehead atoms. The van der Waals surface area contributed by atoms with Crippen LogP contribution in [0.4, 0.5) is 5.69 Å². The van der Waals surface area contributed by atoms with Crippen molar-refractivity contribution in [3.8, 4) is 17.3 Å². The summed E-state index contributed by atoms with van der Waals surface area (Å²) in [4.78, 5) is 24.8. The highest BCUT2D eigenvalue weighted by Gasteiger charge is 2.24. The Labute approximate surface area is 194 Å². The van der Waals surface area contributed by atoms with Crippen molar-refractivity contribution in [3.05, 3.63) is 78.1 Å². The lowest BCUT2D eigenvalue weighted by Gasteiger charge is -2.19. The summed E-state index contributed by atoms with van der Waals surface area (Å²) >= 11 is 1.33. The summed E-state index contributed by atoms with van der Waals surface area (Å²) in [6.45, 7) is 2.34. The predicted octanol–water partition coefficient (Wildman–Crippen LogP) is 4.28. The van der Waals surface area contributed by atoms with E-state index in [-0.39, 0.29) is 18.3 Å². The lowest BCUT2D eigenvalue weighted by atomic mass is 10.1.